The molecule has 1 aromatic heterocycles. The normalized spacial score (nSPS) is 10.8. The molecule has 0 fully saturated rings. The molecule has 0 saturated heterocycles. The van der Waals surface area contributed by atoms with E-state index < -0.39 is 11.6 Å². The van der Waals surface area contributed by atoms with Gasteiger partial charge in [-0.05, 0) is 36.4 Å². The van der Waals surface area contributed by atoms with Crippen molar-refractivity contribution in [3.63, 3.8) is 0 Å². The Bertz CT molecular complexity index is 839. The van der Waals surface area contributed by atoms with Crippen LogP contribution in [0.3, 0.4) is 0 Å². The van der Waals surface area contributed by atoms with Gasteiger partial charge in [0, 0.05) is 16.5 Å². The number of hydrogen-bond donors (Lipinski definition) is 0. The number of benzene rings is 2. The van der Waals surface area contributed by atoms with Gasteiger partial charge in [-0.3, -0.25) is 4.79 Å². The van der Waals surface area contributed by atoms with Gasteiger partial charge in [-0.1, -0.05) is 11.6 Å². The summed E-state index contributed by atoms with van der Waals surface area (Å²) in [5.74, 6) is -0.767. The molecule has 0 atom stereocenters. The predicted octanol–water partition coefficient (Wildman–Crippen LogP) is 4.46. The van der Waals surface area contributed by atoms with Crippen LogP contribution in [-0.2, 0) is 0 Å². The maximum Gasteiger partial charge on any atom is 0.231 e. The van der Waals surface area contributed by atoms with Crippen LogP contribution in [0.2, 0.25) is 5.02 Å². The number of carbonyl (C=O) groups excluding carboxylic acids is 1. The Hall–Kier alpha value is -2.33. The lowest BCUT2D eigenvalue weighted by molar-refractivity contribution is 0.101. The summed E-state index contributed by atoms with van der Waals surface area (Å²) >= 11 is 5.88. The van der Waals surface area contributed by atoms with Crippen LogP contribution in [0.1, 0.15) is 16.1 Å². The number of fused-ring (bicyclic) bond motifs is 1. The summed E-state index contributed by atoms with van der Waals surface area (Å²) in [5.41, 5.74) is 0.456. The third-order valence-corrected chi connectivity index (χ3v) is 3.36. The average Bonchev–Trinajstić information content (AvgIpc) is 2.89. The summed E-state index contributed by atoms with van der Waals surface area (Å²) in [6.07, 6.45) is 0. The van der Waals surface area contributed by atoms with Crippen LogP contribution in [0.5, 0.6) is 5.75 Å². The van der Waals surface area contributed by atoms with E-state index >= 15 is 0 Å². The number of methoxy groups -OCH3 is 1. The molecule has 3 nitrogen and oxygen atoms in total. The van der Waals surface area contributed by atoms with Crippen molar-refractivity contribution >= 4 is 28.4 Å². The van der Waals surface area contributed by atoms with Crippen molar-refractivity contribution in [2.24, 2.45) is 0 Å². The highest BCUT2D eigenvalue weighted by molar-refractivity contribution is 6.31. The molecule has 3 aromatic rings. The molecule has 0 aliphatic rings. The van der Waals surface area contributed by atoms with E-state index in [0.717, 1.165) is 6.07 Å². The van der Waals surface area contributed by atoms with E-state index in [4.69, 9.17) is 20.8 Å². The topological polar surface area (TPSA) is 39.4 Å². The lowest BCUT2D eigenvalue weighted by Gasteiger charge is -2.03. The largest absolute Gasteiger partial charge is 0.497 e. The van der Waals surface area contributed by atoms with Gasteiger partial charge in [0.05, 0.1) is 12.7 Å². The Balaban J connectivity index is 2.03. The molecule has 0 spiro atoms. The van der Waals surface area contributed by atoms with Crippen molar-refractivity contribution in [1.29, 1.82) is 0 Å². The monoisotopic (exact) mass is 304 g/mol. The molecular weight excluding hydrogens is 295 g/mol. The number of ether oxygens (including phenoxy) is 1. The van der Waals surface area contributed by atoms with Crippen molar-refractivity contribution in [3.05, 3.63) is 64.6 Å². The average molecular weight is 305 g/mol. The number of halogens is 2. The van der Waals surface area contributed by atoms with E-state index in [2.05, 4.69) is 0 Å². The quantitative estimate of drug-likeness (QED) is 0.670. The van der Waals surface area contributed by atoms with Gasteiger partial charge in [0.15, 0.2) is 5.76 Å². The standard InChI is InChI=1S/C16H10ClFO3/c1-20-11-3-4-12(13(18)8-11)16(19)15-7-9-6-10(17)2-5-14(9)21-15/h2-8H,1H3. The first-order chi connectivity index (χ1) is 10.1. The highest BCUT2D eigenvalue weighted by Gasteiger charge is 2.18. The van der Waals surface area contributed by atoms with Crippen LogP contribution < -0.4 is 4.74 Å². The number of carbonyl (C=O) groups is 1. The fourth-order valence-corrected chi connectivity index (χ4v) is 2.25. The fraction of sp³-hybridized carbons (Fsp3) is 0.0625. The van der Waals surface area contributed by atoms with Crippen molar-refractivity contribution in [3.8, 4) is 5.75 Å². The van der Waals surface area contributed by atoms with Crippen LogP contribution in [-0.4, -0.2) is 12.9 Å². The Morgan fingerprint density at radius 3 is 2.71 bits per heavy atom. The lowest BCUT2D eigenvalue weighted by Crippen LogP contribution is -2.03. The molecule has 21 heavy (non-hydrogen) atoms. The van der Waals surface area contributed by atoms with E-state index in [1.807, 2.05) is 0 Å². The maximum absolute atomic E-state index is 13.9. The molecule has 2 aromatic carbocycles. The minimum absolute atomic E-state index is 0.0660. The highest BCUT2D eigenvalue weighted by Crippen LogP contribution is 2.26. The van der Waals surface area contributed by atoms with Crippen molar-refractivity contribution in [2.75, 3.05) is 7.11 Å². The summed E-state index contributed by atoms with van der Waals surface area (Å²) in [6, 6.07) is 10.6. The van der Waals surface area contributed by atoms with Crippen molar-refractivity contribution < 1.29 is 18.3 Å². The zero-order valence-electron chi connectivity index (χ0n) is 11.0. The molecule has 5 heteroatoms. The molecule has 0 unspecified atom stereocenters. The minimum atomic E-state index is -0.655. The zero-order valence-corrected chi connectivity index (χ0v) is 11.8. The first-order valence-electron chi connectivity index (χ1n) is 6.16. The Morgan fingerprint density at radius 2 is 2.00 bits per heavy atom. The van der Waals surface area contributed by atoms with Gasteiger partial charge in [-0.15, -0.1) is 0 Å². The third kappa shape index (κ3) is 2.50. The summed E-state index contributed by atoms with van der Waals surface area (Å²) in [7, 11) is 1.43. The molecular formula is C16H10ClFO3. The van der Waals surface area contributed by atoms with Gasteiger partial charge >= 0.3 is 0 Å². The molecule has 106 valence electrons. The van der Waals surface area contributed by atoms with Crippen molar-refractivity contribution in [2.45, 2.75) is 0 Å². The summed E-state index contributed by atoms with van der Waals surface area (Å²) in [5, 5.41) is 1.23. The molecule has 0 N–H and O–H groups in total. The van der Waals surface area contributed by atoms with E-state index in [-0.39, 0.29) is 11.3 Å². The zero-order chi connectivity index (χ0) is 15.0. The van der Waals surface area contributed by atoms with Gasteiger partial charge in [-0.25, -0.2) is 4.39 Å². The molecule has 0 radical (unpaired) electrons. The maximum atomic E-state index is 13.9. The summed E-state index contributed by atoms with van der Waals surface area (Å²) < 4.78 is 24.3. The van der Waals surface area contributed by atoms with E-state index in [1.54, 1.807) is 24.3 Å². The third-order valence-electron chi connectivity index (χ3n) is 3.12. The summed E-state index contributed by atoms with van der Waals surface area (Å²) in [4.78, 5) is 12.3. The Kier molecular flexibility index (Phi) is 3.39. The van der Waals surface area contributed by atoms with Crippen LogP contribution in [0.25, 0.3) is 11.0 Å². The molecule has 0 amide bonds. The Morgan fingerprint density at radius 1 is 1.19 bits per heavy atom. The number of furan rings is 1. The Labute approximate surface area is 124 Å². The van der Waals surface area contributed by atoms with E-state index in [1.165, 1.54) is 19.2 Å². The molecule has 0 bridgehead atoms. The van der Waals surface area contributed by atoms with Gasteiger partial charge in [0.25, 0.3) is 0 Å². The molecule has 0 saturated carbocycles. The smallest absolute Gasteiger partial charge is 0.231 e. The van der Waals surface area contributed by atoms with E-state index in [9.17, 15) is 9.18 Å². The van der Waals surface area contributed by atoms with Gasteiger partial charge in [0.2, 0.25) is 5.78 Å². The van der Waals surface area contributed by atoms with Gasteiger partial charge < -0.3 is 9.15 Å². The fourth-order valence-electron chi connectivity index (χ4n) is 2.07. The van der Waals surface area contributed by atoms with Crippen LogP contribution in [0.15, 0.2) is 46.9 Å². The highest BCUT2D eigenvalue weighted by atomic mass is 35.5. The van der Waals surface area contributed by atoms with Gasteiger partial charge in [0.1, 0.15) is 17.1 Å². The second-order valence-corrected chi connectivity index (χ2v) is 4.90. The molecule has 3 rings (SSSR count). The van der Waals surface area contributed by atoms with Crippen molar-refractivity contribution in [1.82, 2.24) is 0 Å². The minimum Gasteiger partial charge on any atom is -0.497 e. The van der Waals surface area contributed by atoms with E-state index in [0.29, 0.717) is 21.7 Å². The first-order valence-corrected chi connectivity index (χ1v) is 6.53. The second-order valence-electron chi connectivity index (χ2n) is 4.47. The number of rotatable bonds is 3. The molecule has 0 aliphatic heterocycles. The second kappa shape index (κ2) is 5.22. The first kappa shape index (κ1) is 13.6. The van der Waals surface area contributed by atoms with Gasteiger partial charge in [-0.2, -0.15) is 0 Å². The van der Waals surface area contributed by atoms with Crippen LogP contribution >= 0.6 is 11.6 Å². The molecule has 0 aliphatic carbocycles. The number of ketones is 1. The van der Waals surface area contributed by atoms with Crippen LogP contribution in [0.4, 0.5) is 4.39 Å². The predicted molar refractivity (Wildman–Crippen MR) is 77.6 cm³/mol. The van der Waals surface area contributed by atoms with Crippen LogP contribution in [0, 0.1) is 5.82 Å². The summed E-state index contributed by atoms with van der Waals surface area (Å²) in [6.45, 7) is 0. The molecule has 1 heterocycles. The lowest BCUT2D eigenvalue weighted by atomic mass is 10.1. The number of hydrogen-bond acceptors (Lipinski definition) is 3. The SMILES string of the molecule is COc1ccc(C(=O)c2cc3cc(Cl)ccc3o2)c(F)c1.